The predicted octanol–water partition coefficient (Wildman–Crippen LogP) is 0.747. The number of likely N-dealkylation sites (N-methyl/N-ethyl adjacent to an activating group) is 1. The van der Waals surface area contributed by atoms with Gasteiger partial charge in [0.2, 0.25) is 5.91 Å². The van der Waals surface area contributed by atoms with Crippen LogP contribution < -0.4 is 15.4 Å². The number of carbonyl (C=O) groups excluding carboxylic acids is 2. The quantitative estimate of drug-likeness (QED) is 0.824. The molecule has 0 saturated heterocycles. The molecule has 22 heavy (non-hydrogen) atoms. The van der Waals surface area contributed by atoms with Crippen molar-refractivity contribution < 1.29 is 14.3 Å². The van der Waals surface area contributed by atoms with Crippen molar-refractivity contribution in [3.63, 3.8) is 0 Å². The average molecular weight is 302 g/mol. The van der Waals surface area contributed by atoms with E-state index < -0.39 is 5.91 Å². The first-order chi connectivity index (χ1) is 10.7. The van der Waals surface area contributed by atoms with Crippen molar-refractivity contribution in [3.8, 4) is 11.4 Å². The van der Waals surface area contributed by atoms with E-state index in [0.29, 0.717) is 12.3 Å². The molecule has 0 fully saturated rings. The molecular weight excluding hydrogens is 284 g/mol. The highest BCUT2D eigenvalue weighted by Crippen LogP contribution is 2.19. The van der Waals surface area contributed by atoms with Crippen LogP contribution in [-0.2, 0) is 4.79 Å². The maximum absolute atomic E-state index is 12.1. The Bertz CT molecular complexity index is 652. The van der Waals surface area contributed by atoms with E-state index in [1.807, 2.05) is 37.3 Å². The standard InChI is InChI=1S/C15H18N4O3/c1-3-16-13(20)9-17-15(21)14-12(22-2)10-19(18-14)11-7-5-4-6-8-11/h4-8,10H,3,9H2,1-2H3,(H,16,20)(H,17,21). The lowest BCUT2D eigenvalue weighted by molar-refractivity contribution is -0.120. The lowest BCUT2D eigenvalue weighted by Crippen LogP contribution is -2.37. The van der Waals surface area contributed by atoms with Crippen LogP contribution in [0.25, 0.3) is 5.69 Å². The number of ether oxygens (including phenoxy) is 1. The molecule has 0 bridgehead atoms. The lowest BCUT2D eigenvalue weighted by atomic mass is 10.3. The van der Waals surface area contributed by atoms with Gasteiger partial charge in [-0.15, -0.1) is 0 Å². The maximum Gasteiger partial charge on any atom is 0.276 e. The van der Waals surface area contributed by atoms with Crippen LogP contribution in [0.2, 0.25) is 0 Å². The summed E-state index contributed by atoms with van der Waals surface area (Å²) in [6.45, 7) is 2.22. The first-order valence-corrected chi connectivity index (χ1v) is 6.89. The Morgan fingerprint density at radius 3 is 2.59 bits per heavy atom. The van der Waals surface area contributed by atoms with Crippen LogP contribution in [0.3, 0.4) is 0 Å². The van der Waals surface area contributed by atoms with Crippen LogP contribution in [0.1, 0.15) is 17.4 Å². The Morgan fingerprint density at radius 1 is 1.23 bits per heavy atom. The summed E-state index contributed by atoms with van der Waals surface area (Å²) >= 11 is 0. The third kappa shape index (κ3) is 3.63. The largest absolute Gasteiger partial charge is 0.493 e. The fourth-order valence-corrected chi connectivity index (χ4v) is 1.88. The van der Waals surface area contributed by atoms with Crippen molar-refractivity contribution in [1.29, 1.82) is 0 Å². The molecule has 116 valence electrons. The van der Waals surface area contributed by atoms with Gasteiger partial charge in [-0.25, -0.2) is 4.68 Å². The third-order valence-corrected chi connectivity index (χ3v) is 2.92. The molecule has 2 aromatic rings. The van der Waals surface area contributed by atoms with Gasteiger partial charge in [-0.3, -0.25) is 9.59 Å². The van der Waals surface area contributed by atoms with E-state index in [9.17, 15) is 9.59 Å². The topological polar surface area (TPSA) is 85.3 Å². The van der Waals surface area contributed by atoms with E-state index in [1.165, 1.54) is 7.11 Å². The molecule has 7 nitrogen and oxygen atoms in total. The van der Waals surface area contributed by atoms with Gasteiger partial charge in [-0.2, -0.15) is 5.10 Å². The number of amides is 2. The highest BCUT2D eigenvalue weighted by atomic mass is 16.5. The van der Waals surface area contributed by atoms with Crippen molar-refractivity contribution in [2.75, 3.05) is 20.2 Å². The summed E-state index contributed by atoms with van der Waals surface area (Å²) in [4.78, 5) is 23.5. The number of methoxy groups -OCH3 is 1. The highest BCUT2D eigenvalue weighted by Gasteiger charge is 2.18. The normalized spacial score (nSPS) is 10.1. The number of benzene rings is 1. The first-order valence-electron chi connectivity index (χ1n) is 6.89. The number of nitrogens with one attached hydrogen (secondary N) is 2. The molecule has 7 heteroatoms. The molecule has 0 spiro atoms. The van der Waals surface area contributed by atoms with E-state index in [4.69, 9.17) is 4.74 Å². The number of rotatable bonds is 6. The van der Waals surface area contributed by atoms with Gasteiger partial charge in [-0.05, 0) is 19.1 Å². The van der Waals surface area contributed by atoms with Gasteiger partial charge in [-0.1, -0.05) is 18.2 Å². The van der Waals surface area contributed by atoms with Crippen LogP contribution in [-0.4, -0.2) is 41.8 Å². The number of para-hydroxylation sites is 1. The zero-order chi connectivity index (χ0) is 15.9. The Hall–Kier alpha value is -2.83. The molecule has 1 aromatic heterocycles. The second kappa shape index (κ2) is 7.26. The van der Waals surface area contributed by atoms with E-state index in [1.54, 1.807) is 10.9 Å². The average Bonchev–Trinajstić information content (AvgIpc) is 2.98. The summed E-state index contributed by atoms with van der Waals surface area (Å²) in [5, 5.41) is 9.34. The molecular formula is C15H18N4O3. The fraction of sp³-hybridized carbons (Fsp3) is 0.267. The molecule has 0 radical (unpaired) electrons. The summed E-state index contributed by atoms with van der Waals surface area (Å²) in [6.07, 6.45) is 1.62. The van der Waals surface area contributed by atoms with E-state index in [2.05, 4.69) is 15.7 Å². The smallest absolute Gasteiger partial charge is 0.276 e. The van der Waals surface area contributed by atoms with Crippen LogP contribution in [0, 0.1) is 0 Å². The summed E-state index contributed by atoms with van der Waals surface area (Å²) < 4.78 is 6.73. The molecule has 0 aliphatic carbocycles. The summed E-state index contributed by atoms with van der Waals surface area (Å²) in [5.74, 6) is -0.368. The molecule has 1 aromatic carbocycles. The van der Waals surface area contributed by atoms with Crippen LogP contribution in [0.15, 0.2) is 36.5 Å². The van der Waals surface area contributed by atoms with Gasteiger partial charge in [0.15, 0.2) is 11.4 Å². The number of nitrogens with zero attached hydrogens (tertiary/aromatic N) is 2. The summed E-state index contributed by atoms with van der Waals surface area (Å²) in [7, 11) is 1.47. The molecule has 0 aliphatic heterocycles. The van der Waals surface area contributed by atoms with Gasteiger partial charge in [0, 0.05) is 6.54 Å². The molecule has 2 amide bonds. The van der Waals surface area contributed by atoms with Crippen molar-refractivity contribution in [3.05, 3.63) is 42.2 Å². The van der Waals surface area contributed by atoms with Gasteiger partial charge >= 0.3 is 0 Å². The Balaban J connectivity index is 2.15. The minimum absolute atomic E-state index is 0.103. The number of aromatic nitrogens is 2. The van der Waals surface area contributed by atoms with E-state index in [0.717, 1.165) is 5.69 Å². The fourth-order valence-electron chi connectivity index (χ4n) is 1.88. The molecule has 0 atom stereocenters. The van der Waals surface area contributed by atoms with E-state index >= 15 is 0 Å². The van der Waals surface area contributed by atoms with Crippen LogP contribution in [0.5, 0.6) is 5.75 Å². The van der Waals surface area contributed by atoms with Gasteiger partial charge < -0.3 is 15.4 Å². The monoisotopic (exact) mass is 302 g/mol. The SMILES string of the molecule is CCNC(=O)CNC(=O)c1nn(-c2ccccc2)cc1OC. The number of hydrogen-bond acceptors (Lipinski definition) is 4. The van der Waals surface area contributed by atoms with Crippen LogP contribution in [0.4, 0.5) is 0 Å². The number of carbonyl (C=O) groups is 2. The zero-order valence-electron chi connectivity index (χ0n) is 12.5. The molecule has 2 N–H and O–H groups in total. The second-order valence-corrected chi connectivity index (χ2v) is 4.46. The Morgan fingerprint density at radius 2 is 1.95 bits per heavy atom. The molecule has 0 unspecified atom stereocenters. The van der Waals surface area contributed by atoms with Gasteiger partial charge in [0.25, 0.3) is 5.91 Å². The molecule has 1 heterocycles. The molecule has 0 saturated carbocycles. The lowest BCUT2D eigenvalue weighted by Gasteiger charge is -2.04. The molecule has 0 aliphatic rings. The van der Waals surface area contributed by atoms with Crippen LogP contribution >= 0.6 is 0 Å². The number of hydrogen-bond donors (Lipinski definition) is 2. The Labute approximate surface area is 128 Å². The molecule has 2 rings (SSSR count). The van der Waals surface area contributed by atoms with Gasteiger partial charge in [0.05, 0.1) is 25.5 Å². The van der Waals surface area contributed by atoms with Gasteiger partial charge in [0.1, 0.15) is 0 Å². The van der Waals surface area contributed by atoms with E-state index in [-0.39, 0.29) is 18.1 Å². The summed E-state index contributed by atoms with van der Waals surface area (Å²) in [6, 6.07) is 9.37. The van der Waals surface area contributed by atoms with Crippen molar-refractivity contribution in [1.82, 2.24) is 20.4 Å². The van der Waals surface area contributed by atoms with Crippen molar-refractivity contribution in [2.24, 2.45) is 0 Å². The predicted molar refractivity (Wildman–Crippen MR) is 81.1 cm³/mol. The minimum Gasteiger partial charge on any atom is -0.493 e. The zero-order valence-corrected chi connectivity index (χ0v) is 12.5. The second-order valence-electron chi connectivity index (χ2n) is 4.46. The third-order valence-electron chi connectivity index (χ3n) is 2.92. The minimum atomic E-state index is -0.460. The Kier molecular flexibility index (Phi) is 5.13. The van der Waals surface area contributed by atoms with Crippen molar-refractivity contribution in [2.45, 2.75) is 6.92 Å². The summed E-state index contributed by atoms with van der Waals surface area (Å²) in [5.41, 5.74) is 0.944. The van der Waals surface area contributed by atoms with Crippen molar-refractivity contribution >= 4 is 11.8 Å². The highest BCUT2D eigenvalue weighted by molar-refractivity contribution is 5.97. The first kappa shape index (κ1) is 15.6. The maximum atomic E-state index is 12.1.